The maximum absolute atomic E-state index is 11.7. The van der Waals surface area contributed by atoms with Crippen molar-refractivity contribution in [3.05, 3.63) is 12.3 Å². The van der Waals surface area contributed by atoms with Crippen LogP contribution in [0.4, 0.5) is 5.82 Å². The summed E-state index contributed by atoms with van der Waals surface area (Å²) in [5.41, 5.74) is -0.157. The lowest BCUT2D eigenvalue weighted by molar-refractivity contribution is -0.121. The molecule has 0 saturated carbocycles. The molecule has 2 N–H and O–H groups in total. The number of rotatable bonds is 6. The highest BCUT2D eigenvalue weighted by Gasteiger charge is 2.17. The van der Waals surface area contributed by atoms with E-state index >= 15 is 0 Å². The van der Waals surface area contributed by atoms with Gasteiger partial charge in [-0.1, -0.05) is 6.92 Å². The Morgan fingerprint density at radius 1 is 1.50 bits per heavy atom. The van der Waals surface area contributed by atoms with Crippen LogP contribution in [0.15, 0.2) is 12.3 Å². The lowest BCUT2D eigenvalue weighted by Gasteiger charge is -2.24. The summed E-state index contributed by atoms with van der Waals surface area (Å²) in [6.07, 6.45) is 2.81. The Morgan fingerprint density at radius 3 is 2.67 bits per heavy atom. The molecule has 0 aromatic carbocycles. The topological polar surface area (TPSA) is 59.0 Å². The summed E-state index contributed by atoms with van der Waals surface area (Å²) < 4.78 is 1.86. The highest BCUT2D eigenvalue weighted by Crippen LogP contribution is 2.08. The zero-order valence-electron chi connectivity index (χ0n) is 11.9. The average Bonchev–Trinajstić information content (AvgIpc) is 2.74. The molecule has 0 aliphatic heterocycles. The number of hydrogen-bond donors (Lipinski definition) is 2. The van der Waals surface area contributed by atoms with Crippen molar-refractivity contribution in [3.8, 4) is 0 Å². The van der Waals surface area contributed by atoms with Crippen molar-refractivity contribution < 1.29 is 4.79 Å². The van der Waals surface area contributed by atoms with Gasteiger partial charge in [0, 0.05) is 23.8 Å². The lowest BCUT2D eigenvalue weighted by Crippen LogP contribution is -2.45. The third kappa shape index (κ3) is 4.39. The first kappa shape index (κ1) is 14.5. The predicted molar refractivity (Wildman–Crippen MR) is 73.6 cm³/mol. The molecule has 0 unspecified atom stereocenters. The summed E-state index contributed by atoms with van der Waals surface area (Å²) in [5.74, 6) is 0.717. The molecule has 1 rings (SSSR count). The van der Waals surface area contributed by atoms with Gasteiger partial charge in [-0.2, -0.15) is 5.10 Å². The number of amides is 1. The second-order valence-electron chi connectivity index (χ2n) is 5.41. The maximum atomic E-state index is 11.7. The summed E-state index contributed by atoms with van der Waals surface area (Å²) in [7, 11) is 0. The Hall–Kier alpha value is -1.52. The molecule has 0 aliphatic carbocycles. The molecular formula is C13H24N4O. The van der Waals surface area contributed by atoms with Crippen LogP contribution in [0, 0.1) is 0 Å². The minimum atomic E-state index is -0.157. The number of anilines is 1. The lowest BCUT2D eigenvalue weighted by atomic mass is 10.0. The first-order valence-corrected chi connectivity index (χ1v) is 6.44. The highest BCUT2D eigenvalue weighted by molar-refractivity contribution is 5.81. The normalized spacial score (nSPS) is 11.7. The van der Waals surface area contributed by atoms with Gasteiger partial charge in [0.2, 0.25) is 5.91 Å². The molecule has 0 saturated heterocycles. The van der Waals surface area contributed by atoms with E-state index in [-0.39, 0.29) is 18.0 Å². The van der Waals surface area contributed by atoms with Crippen LogP contribution < -0.4 is 10.6 Å². The van der Waals surface area contributed by atoms with Crippen molar-refractivity contribution in [2.45, 2.75) is 52.6 Å². The van der Waals surface area contributed by atoms with E-state index in [2.05, 4.69) is 36.5 Å². The third-order valence-electron chi connectivity index (χ3n) is 2.93. The van der Waals surface area contributed by atoms with E-state index in [0.29, 0.717) is 6.04 Å². The van der Waals surface area contributed by atoms with Gasteiger partial charge in [0.15, 0.2) is 0 Å². The zero-order chi connectivity index (χ0) is 13.8. The first-order chi connectivity index (χ1) is 8.34. The van der Waals surface area contributed by atoms with Crippen LogP contribution in [0.25, 0.3) is 0 Å². The molecule has 1 aromatic rings. The second-order valence-corrected chi connectivity index (χ2v) is 5.41. The Kier molecular flexibility index (Phi) is 4.76. The summed E-state index contributed by atoms with van der Waals surface area (Å²) in [5, 5.41) is 10.3. The SMILES string of the molecule is CCC(C)(C)NC(=O)CNc1ccn(C(C)C)n1. The molecule has 0 spiro atoms. The van der Waals surface area contributed by atoms with Gasteiger partial charge in [0.25, 0.3) is 0 Å². The fourth-order valence-corrected chi connectivity index (χ4v) is 1.40. The molecule has 102 valence electrons. The average molecular weight is 252 g/mol. The summed E-state index contributed by atoms with van der Waals surface area (Å²) >= 11 is 0. The molecule has 18 heavy (non-hydrogen) atoms. The molecule has 0 aliphatic rings. The third-order valence-corrected chi connectivity index (χ3v) is 2.93. The van der Waals surface area contributed by atoms with Crippen molar-refractivity contribution in [1.29, 1.82) is 0 Å². The van der Waals surface area contributed by atoms with E-state index in [1.807, 2.05) is 30.8 Å². The van der Waals surface area contributed by atoms with Crippen LogP contribution in [-0.2, 0) is 4.79 Å². The van der Waals surface area contributed by atoms with Crippen LogP contribution in [0.5, 0.6) is 0 Å². The summed E-state index contributed by atoms with van der Waals surface area (Å²) in [6, 6.07) is 2.20. The molecule has 1 aromatic heterocycles. The van der Waals surface area contributed by atoms with Crippen molar-refractivity contribution >= 4 is 11.7 Å². The number of carbonyl (C=O) groups is 1. The Bertz CT molecular complexity index is 395. The first-order valence-electron chi connectivity index (χ1n) is 6.44. The van der Waals surface area contributed by atoms with Gasteiger partial charge < -0.3 is 10.6 Å². The maximum Gasteiger partial charge on any atom is 0.239 e. The van der Waals surface area contributed by atoms with Crippen molar-refractivity contribution in [2.24, 2.45) is 0 Å². The monoisotopic (exact) mass is 252 g/mol. The highest BCUT2D eigenvalue weighted by atomic mass is 16.2. The molecule has 0 radical (unpaired) electrons. The van der Waals surface area contributed by atoms with Gasteiger partial charge >= 0.3 is 0 Å². The fraction of sp³-hybridized carbons (Fsp3) is 0.692. The van der Waals surface area contributed by atoms with Gasteiger partial charge in [-0.25, -0.2) is 0 Å². The van der Waals surface area contributed by atoms with E-state index in [1.54, 1.807) is 0 Å². The quantitative estimate of drug-likeness (QED) is 0.816. The molecule has 0 atom stereocenters. The molecule has 0 fully saturated rings. The number of nitrogens with one attached hydrogen (secondary N) is 2. The molecule has 5 heteroatoms. The molecule has 5 nitrogen and oxygen atoms in total. The minimum Gasteiger partial charge on any atom is -0.360 e. The number of carbonyl (C=O) groups excluding carboxylic acids is 1. The van der Waals surface area contributed by atoms with Gasteiger partial charge in [0.05, 0.1) is 6.54 Å². The van der Waals surface area contributed by atoms with Crippen molar-refractivity contribution in [1.82, 2.24) is 15.1 Å². The number of hydrogen-bond acceptors (Lipinski definition) is 3. The number of nitrogens with zero attached hydrogens (tertiary/aromatic N) is 2. The van der Waals surface area contributed by atoms with Crippen LogP contribution in [0.2, 0.25) is 0 Å². The smallest absolute Gasteiger partial charge is 0.239 e. The zero-order valence-corrected chi connectivity index (χ0v) is 11.9. The summed E-state index contributed by atoms with van der Waals surface area (Å²) in [6.45, 7) is 10.5. The van der Waals surface area contributed by atoms with Gasteiger partial charge in [-0.15, -0.1) is 0 Å². The Morgan fingerprint density at radius 2 is 2.17 bits per heavy atom. The van der Waals surface area contributed by atoms with Crippen molar-refractivity contribution in [2.75, 3.05) is 11.9 Å². The van der Waals surface area contributed by atoms with Crippen LogP contribution in [0.1, 0.15) is 47.1 Å². The standard InChI is InChI=1S/C13H24N4O/c1-6-13(4,5)15-12(18)9-14-11-7-8-17(16-11)10(2)3/h7-8,10H,6,9H2,1-5H3,(H,14,16)(H,15,18). The number of aromatic nitrogens is 2. The van der Waals surface area contributed by atoms with Gasteiger partial charge in [0.1, 0.15) is 5.82 Å². The van der Waals surface area contributed by atoms with E-state index in [9.17, 15) is 4.79 Å². The molecule has 1 amide bonds. The molecule has 1 heterocycles. The van der Waals surface area contributed by atoms with E-state index < -0.39 is 0 Å². The van der Waals surface area contributed by atoms with Gasteiger partial charge in [-0.3, -0.25) is 9.48 Å². The predicted octanol–water partition coefficient (Wildman–Crippen LogP) is 2.18. The minimum absolute atomic E-state index is 0.0130. The van der Waals surface area contributed by atoms with Crippen LogP contribution in [0.3, 0.4) is 0 Å². The Balaban J connectivity index is 2.42. The Labute approximate surface area is 109 Å². The van der Waals surface area contributed by atoms with Crippen LogP contribution >= 0.6 is 0 Å². The van der Waals surface area contributed by atoms with E-state index in [4.69, 9.17) is 0 Å². The fourth-order valence-electron chi connectivity index (χ4n) is 1.40. The van der Waals surface area contributed by atoms with Crippen LogP contribution in [-0.4, -0.2) is 27.8 Å². The largest absolute Gasteiger partial charge is 0.360 e. The van der Waals surface area contributed by atoms with Crippen molar-refractivity contribution in [3.63, 3.8) is 0 Å². The van der Waals surface area contributed by atoms with E-state index in [1.165, 1.54) is 0 Å². The van der Waals surface area contributed by atoms with E-state index in [0.717, 1.165) is 12.2 Å². The second kappa shape index (κ2) is 5.89. The molecule has 0 bridgehead atoms. The van der Waals surface area contributed by atoms with Gasteiger partial charge in [-0.05, 0) is 34.1 Å². The summed E-state index contributed by atoms with van der Waals surface area (Å²) in [4.78, 5) is 11.7. The molecular weight excluding hydrogens is 228 g/mol.